The highest BCUT2D eigenvalue weighted by Gasteiger charge is 2.34. The second-order valence-corrected chi connectivity index (χ2v) is 4.52. The number of aliphatic hydroxyl groups excluding tert-OH is 1. The Labute approximate surface area is 112 Å². The molecule has 1 aliphatic carbocycles. The van der Waals surface area contributed by atoms with Crippen molar-refractivity contribution < 1.29 is 24.1 Å². The van der Waals surface area contributed by atoms with E-state index in [4.69, 9.17) is 14.2 Å². The largest absolute Gasteiger partial charge is 0.493 e. The molecule has 0 radical (unpaired) electrons. The number of carbonyl (C=O) groups is 1. The van der Waals surface area contributed by atoms with E-state index in [1.807, 2.05) is 6.07 Å². The normalized spacial score (nSPS) is 21.5. The minimum atomic E-state index is -0.865. The second-order valence-electron chi connectivity index (χ2n) is 4.52. The number of methoxy groups -OCH3 is 3. The van der Waals surface area contributed by atoms with E-state index in [0.717, 1.165) is 5.56 Å². The minimum Gasteiger partial charge on any atom is -0.493 e. The molecule has 0 amide bonds. The molecule has 0 aliphatic heterocycles. The highest BCUT2D eigenvalue weighted by molar-refractivity contribution is 5.74. The molecule has 0 aromatic heterocycles. The van der Waals surface area contributed by atoms with Crippen molar-refractivity contribution in [2.24, 2.45) is 5.92 Å². The topological polar surface area (TPSA) is 65.0 Å². The van der Waals surface area contributed by atoms with Gasteiger partial charge in [-0.15, -0.1) is 0 Å². The zero-order chi connectivity index (χ0) is 14.0. The second kappa shape index (κ2) is 5.48. The van der Waals surface area contributed by atoms with Crippen LogP contribution in [0.15, 0.2) is 12.1 Å². The van der Waals surface area contributed by atoms with E-state index in [1.54, 1.807) is 13.2 Å². The molecule has 0 heterocycles. The first-order chi connectivity index (χ1) is 9.12. The van der Waals surface area contributed by atoms with Crippen molar-refractivity contribution in [1.82, 2.24) is 0 Å². The van der Waals surface area contributed by atoms with Gasteiger partial charge >= 0.3 is 5.97 Å². The molecule has 1 aromatic rings. The lowest BCUT2D eigenvalue weighted by atomic mass is 9.81. The van der Waals surface area contributed by atoms with Crippen LogP contribution in [0.2, 0.25) is 0 Å². The summed E-state index contributed by atoms with van der Waals surface area (Å²) in [5.41, 5.74) is 1.68. The van der Waals surface area contributed by atoms with Gasteiger partial charge in [0.05, 0.1) is 33.4 Å². The van der Waals surface area contributed by atoms with Crippen LogP contribution in [0.5, 0.6) is 11.5 Å². The van der Waals surface area contributed by atoms with Crippen molar-refractivity contribution in [3.8, 4) is 11.5 Å². The molecule has 0 fully saturated rings. The summed E-state index contributed by atoms with van der Waals surface area (Å²) in [6.07, 6.45) is 0.402. The molecule has 1 aliphatic rings. The molecule has 2 rings (SSSR count). The first kappa shape index (κ1) is 13.7. The van der Waals surface area contributed by atoms with Gasteiger partial charge < -0.3 is 19.3 Å². The van der Waals surface area contributed by atoms with Gasteiger partial charge in [0.15, 0.2) is 11.5 Å². The van der Waals surface area contributed by atoms with E-state index in [0.29, 0.717) is 29.9 Å². The zero-order valence-corrected chi connectivity index (χ0v) is 11.3. The molecule has 5 heteroatoms. The van der Waals surface area contributed by atoms with E-state index >= 15 is 0 Å². The number of esters is 1. The van der Waals surface area contributed by atoms with Crippen LogP contribution in [-0.4, -0.2) is 32.4 Å². The van der Waals surface area contributed by atoms with Gasteiger partial charge in [0, 0.05) is 0 Å². The maximum absolute atomic E-state index is 11.6. The fourth-order valence-corrected chi connectivity index (χ4v) is 2.51. The minimum absolute atomic E-state index is 0.382. The molecule has 0 spiro atoms. The number of carbonyl (C=O) groups excluding carboxylic acids is 1. The van der Waals surface area contributed by atoms with Crippen molar-refractivity contribution in [2.75, 3.05) is 21.3 Å². The van der Waals surface area contributed by atoms with Crippen LogP contribution in [0.25, 0.3) is 0 Å². The third-order valence-electron chi connectivity index (χ3n) is 3.57. The molecule has 19 heavy (non-hydrogen) atoms. The predicted octanol–water partition coefficient (Wildman–Crippen LogP) is 1.47. The molecule has 5 nitrogen and oxygen atoms in total. The summed E-state index contributed by atoms with van der Waals surface area (Å²) in [6, 6.07) is 3.58. The lowest BCUT2D eigenvalue weighted by Crippen LogP contribution is -2.28. The van der Waals surface area contributed by atoms with Crippen LogP contribution in [0.4, 0.5) is 0 Å². The van der Waals surface area contributed by atoms with Crippen molar-refractivity contribution in [2.45, 2.75) is 18.9 Å². The van der Waals surface area contributed by atoms with Crippen molar-refractivity contribution in [1.29, 1.82) is 0 Å². The summed E-state index contributed by atoms with van der Waals surface area (Å²) in [5.74, 6) is 0.277. The Bertz CT molecular complexity index is 483. The van der Waals surface area contributed by atoms with Gasteiger partial charge in [-0.1, -0.05) is 0 Å². The molecule has 2 unspecified atom stereocenters. The van der Waals surface area contributed by atoms with Crippen LogP contribution in [-0.2, 0) is 16.0 Å². The number of rotatable bonds is 3. The Kier molecular flexibility index (Phi) is 3.95. The average Bonchev–Trinajstić information content (AvgIpc) is 2.45. The predicted molar refractivity (Wildman–Crippen MR) is 68.3 cm³/mol. The quantitative estimate of drug-likeness (QED) is 0.839. The van der Waals surface area contributed by atoms with Gasteiger partial charge in [-0.05, 0) is 36.1 Å². The summed E-state index contributed by atoms with van der Waals surface area (Å²) < 4.78 is 15.2. The molecule has 0 bridgehead atoms. The SMILES string of the molecule is COC(=O)C1CCc2cc(OC)c(OC)cc2C1O. The Morgan fingerprint density at radius 2 is 1.84 bits per heavy atom. The number of benzene rings is 1. The van der Waals surface area contributed by atoms with Crippen LogP contribution >= 0.6 is 0 Å². The number of hydrogen-bond acceptors (Lipinski definition) is 5. The lowest BCUT2D eigenvalue weighted by molar-refractivity contribution is -0.150. The van der Waals surface area contributed by atoms with E-state index in [2.05, 4.69) is 0 Å². The van der Waals surface area contributed by atoms with Crippen molar-refractivity contribution >= 4 is 5.97 Å². The van der Waals surface area contributed by atoms with Gasteiger partial charge in [0.2, 0.25) is 0 Å². The summed E-state index contributed by atoms with van der Waals surface area (Å²) in [4.78, 5) is 11.6. The van der Waals surface area contributed by atoms with Crippen molar-refractivity contribution in [3.63, 3.8) is 0 Å². The highest BCUT2D eigenvalue weighted by atomic mass is 16.5. The number of aryl methyl sites for hydroxylation is 1. The van der Waals surface area contributed by atoms with E-state index in [1.165, 1.54) is 14.2 Å². The number of fused-ring (bicyclic) bond motifs is 1. The average molecular weight is 266 g/mol. The summed E-state index contributed by atoms with van der Waals surface area (Å²) in [5, 5.41) is 10.3. The molecule has 0 saturated heterocycles. The molecule has 1 aromatic carbocycles. The van der Waals surface area contributed by atoms with E-state index < -0.39 is 12.0 Å². The van der Waals surface area contributed by atoms with Crippen LogP contribution in [0, 0.1) is 5.92 Å². The molecule has 0 saturated carbocycles. The summed E-state index contributed by atoms with van der Waals surface area (Å²) >= 11 is 0. The number of aliphatic hydroxyl groups is 1. The van der Waals surface area contributed by atoms with Crippen LogP contribution in [0.1, 0.15) is 23.7 Å². The Balaban J connectivity index is 2.40. The first-order valence-electron chi connectivity index (χ1n) is 6.13. The van der Waals surface area contributed by atoms with Gasteiger partial charge in [-0.25, -0.2) is 0 Å². The summed E-state index contributed by atoms with van der Waals surface area (Å²) in [6.45, 7) is 0. The fourth-order valence-electron chi connectivity index (χ4n) is 2.51. The highest BCUT2D eigenvalue weighted by Crippen LogP contribution is 2.40. The summed E-state index contributed by atoms with van der Waals surface area (Å²) in [7, 11) is 4.44. The van der Waals surface area contributed by atoms with Gasteiger partial charge in [0.1, 0.15) is 0 Å². The first-order valence-corrected chi connectivity index (χ1v) is 6.13. The molecular weight excluding hydrogens is 248 g/mol. The van der Waals surface area contributed by atoms with Crippen molar-refractivity contribution in [3.05, 3.63) is 23.3 Å². The standard InChI is InChI=1S/C14H18O5/c1-17-11-6-8-4-5-9(14(16)19-3)13(15)10(8)7-12(11)18-2/h6-7,9,13,15H,4-5H2,1-3H3. The van der Waals surface area contributed by atoms with Gasteiger partial charge in [-0.2, -0.15) is 0 Å². The molecule has 104 valence electrons. The molecule has 1 N–H and O–H groups in total. The smallest absolute Gasteiger partial charge is 0.311 e. The maximum atomic E-state index is 11.6. The maximum Gasteiger partial charge on any atom is 0.311 e. The lowest BCUT2D eigenvalue weighted by Gasteiger charge is -2.29. The van der Waals surface area contributed by atoms with Crippen LogP contribution in [0.3, 0.4) is 0 Å². The zero-order valence-electron chi connectivity index (χ0n) is 11.3. The number of ether oxygens (including phenoxy) is 3. The van der Waals surface area contributed by atoms with E-state index in [9.17, 15) is 9.90 Å². The molecule has 2 atom stereocenters. The van der Waals surface area contributed by atoms with Gasteiger partial charge in [0.25, 0.3) is 0 Å². The Morgan fingerprint density at radius 3 is 2.42 bits per heavy atom. The third kappa shape index (κ3) is 2.38. The van der Waals surface area contributed by atoms with Crippen LogP contribution < -0.4 is 9.47 Å². The fraction of sp³-hybridized carbons (Fsp3) is 0.500. The van der Waals surface area contributed by atoms with E-state index in [-0.39, 0.29) is 5.97 Å². The number of hydrogen-bond donors (Lipinski definition) is 1. The van der Waals surface area contributed by atoms with Gasteiger partial charge in [-0.3, -0.25) is 4.79 Å². The Hall–Kier alpha value is -1.75. The Morgan fingerprint density at radius 1 is 1.21 bits per heavy atom. The monoisotopic (exact) mass is 266 g/mol. The third-order valence-corrected chi connectivity index (χ3v) is 3.57. The molecular formula is C14H18O5.